The second-order valence-corrected chi connectivity index (χ2v) is 8.15. The number of nitrogens with one attached hydrogen (secondary N) is 1. The Balaban J connectivity index is 1.76. The van der Waals surface area contributed by atoms with Gasteiger partial charge >= 0.3 is 0 Å². The molecule has 1 saturated heterocycles. The fraction of sp³-hybridized carbons (Fsp3) is 0.222. The van der Waals surface area contributed by atoms with Crippen molar-refractivity contribution in [3.63, 3.8) is 0 Å². The van der Waals surface area contributed by atoms with Crippen LogP contribution in [-0.4, -0.2) is 38.7 Å². The standard InChI is InChI=1S/C18H17ClFN3O3S/c1-23-10-2-3-17(23)22-27(25,26)14-7-5-13(6-8-14)21-18(24)15-9-4-12(19)11-16(15)20/h4-9,11H,2-3,10H2,1H3,(H,21,24)/b22-17+. The van der Waals surface area contributed by atoms with E-state index in [2.05, 4.69) is 9.71 Å². The van der Waals surface area contributed by atoms with E-state index in [1.54, 1.807) is 7.05 Å². The minimum Gasteiger partial charge on any atom is -0.362 e. The second-order valence-electron chi connectivity index (χ2n) is 6.11. The second kappa shape index (κ2) is 7.66. The summed E-state index contributed by atoms with van der Waals surface area (Å²) in [7, 11) is -2.03. The van der Waals surface area contributed by atoms with Gasteiger partial charge in [-0.1, -0.05) is 11.6 Å². The van der Waals surface area contributed by atoms with E-state index in [0.29, 0.717) is 17.9 Å². The van der Waals surface area contributed by atoms with E-state index in [1.165, 1.54) is 36.4 Å². The maximum atomic E-state index is 13.8. The highest BCUT2D eigenvalue weighted by Crippen LogP contribution is 2.20. The molecule has 0 radical (unpaired) electrons. The third-order valence-electron chi connectivity index (χ3n) is 4.15. The van der Waals surface area contributed by atoms with E-state index in [-0.39, 0.29) is 15.5 Å². The number of benzene rings is 2. The van der Waals surface area contributed by atoms with Gasteiger partial charge in [0, 0.05) is 30.7 Å². The molecule has 1 amide bonds. The molecule has 1 N–H and O–H groups in total. The number of hydrogen-bond donors (Lipinski definition) is 1. The van der Waals surface area contributed by atoms with Gasteiger partial charge in [-0.3, -0.25) is 4.79 Å². The van der Waals surface area contributed by atoms with Crippen LogP contribution < -0.4 is 5.32 Å². The predicted octanol–water partition coefficient (Wildman–Crippen LogP) is 3.54. The lowest BCUT2D eigenvalue weighted by Gasteiger charge is -2.11. The molecule has 2 aromatic rings. The van der Waals surface area contributed by atoms with Crippen molar-refractivity contribution in [1.82, 2.24) is 4.90 Å². The monoisotopic (exact) mass is 409 g/mol. The van der Waals surface area contributed by atoms with E-state index in [9.17, 15) is 17.6 Å². The lowest BCUT2D eigenvalue weighted by molar-refractivity contribution is 0.102. The van der Waals surface area contributed by atoms with Crippen molar-refractivity contribution in [2.75, 3.05) is 18.9 Å². The lowest BCUT2D eigenvalue weighted by Crippen LogP contribution is -2.20. The molecular formula is C18H17ClFN3O3S. The minimum atomic E-state index is -3.83. The number of rotatable bonds is 4. The third kappa shape index (κ3) is 4.45. The number of sulfonamides is 1. The van der Waals surface area contributed by atoms with E-state index in [1.807, 2.05) is 4.90 Å². The zero-order valence-corrected chi connectivity index (χ0v) is 16.0. The van der Waals surface area contributed by atoms with Crippen LogP contribution in [0.1, 0.15) is 23.2 Å². The molecule has 1 aliphatic heterocycles. The maximum Gasteiger partial charge on any atom is 0.283 e. The van der Waals surface area contributed by atoms with Crippen LogP contribution >= 0.6 is 11.6 Å². The fourth-order valence-electron chi connectivity index (χ4n) is 2.68. The molecule has 6 nitrogen and oxygen atoms in total. The van der Waals surface area contributed by atoms with Gasteiger partial charge in [-0.05, 0) is 48.9 Å². The van der Waals surface area contributed by atoms with Gasteiger partial charge in [-0.2, -0.15) is 8.42 Å². The zero-order valence-electron chi connectivity index (χ0n) is 14.4. The average molecular weight is 410 g/mol. The van der Waals surface area contributed by atoms with Crippen LogP contribution in [0.2, 0.25) is 5.02 Å². The molecule has 3 rings (SSSR count). The summed E-state index contributed by atoms with van der Waals surface area (Å²) in [5.41, 5.74) is 0.172. The van der Waals surface area contributed by atoms with E-state index < -0.39 is 21.7 Å². The number of nitrogens with zero attached hydrogens (tertiary/aromatic N) is 2. The van der Waals surface area contributed by atoms with Gasteiger partial charge in [0.15, 0.2) is 0 Å². The molecule has 0 bridgehead atoms. The summed E-state index contributed by atoms with van der Waals surface area (Å²) in [5.74, 6) is -0.867. The van der Waals surface area contributed by atoms with Crippen LogP contribution in [0.4, 0.5) is 10.1 Å². The summed E-state index contributed by atoms with van der Waals surface area (Å²) >= 11 is 5.67. The van der Waals surface area contributed by atoms with Crippen molar-refractivity contribution < 1.29 is 17.6 Å². The molecule has 0 spiro atoms. The first kappa shape index (κ1) is 19.3. The van der Waals surface area contributed by atoms with Gasteiger partial charge in [0.25, 0.3) is 15.9 Å². The van der Waals surface area contributed by atoms with Gasteiger partial charge in [0.2, 0.25) is 0 Å². The molecular weight excluding hydrogens is 393 g/mol. The predicted molar refractivity (Wildman–Crippen MR) is 102 cm³/mol. The first-order chi connectivity index (χ1) is 12.8. The van der Waals surface area contributed by atoms with E-state index >= 15 is 0 Å². The van der Waals surface area contributed by atoms with Crippen molar-refractivity contribution in [2.24, 2.45) is 4.40 Å². The summed E-state index contributed by atoms with van der Waals surface area (Å²) in [5, 5.41) is 2.70. The van der Waals surface area contributed by atoms with Crippen molar-refractivity contribution in [3.05, 3.63) is 58.9 Å². The summed E-state index contributed by atoms with van der Waals surface area (Å²) in [6.07, 6.45) is 1.49. The summed E-state index contributed by atoms with van der Waals surface area (Å²) in [6.45, 7) is 0.778. The Hall–Kier alpha value is -2.45. The lowest BCUT2D eigenvalue weighted by atomic mass is 10.2. The number of hydrogen-bond acceptors (Lipinski definition) is 3. The number of carbonyl (C=O) groups excluding carboxylic acids is 1. The van der Waals surface area contributed by atoms with Gasteiger partial charge in [-0.15, -0.1) is 4.40 Å². The fourth-order valence-corrected chi connectivity index (χ4v) is 3.94. The van der Waals surface area contributed by atoms with Crippen LogP contribution in [0, 0.1) is 5.82 Å². The maximum absolute atomic E-state index is 13.8. The van der Waals surface area contributed by atoms with Crippen molar-refractivity contribution >= 4 is 39.1 Å². The highest BCUT2D eigenvalue weighted by atomic mass is 35.5. The highest BCUT2D eigenvalue weighted by Gasteiger charge is 2.20. The Kier molecular flexibility index (Phi) is 5.48. The molecule has 1 aliphatic rings. The van der Waals surface area contributed by atoms with Crippen LogP contribution in [0.25, 0.3) is 0 Å². The highest BCUT2D eigenvalue weighted by molar-refractivity contribution is 7.90. The largest absolute Gasteiger partial charge is 0.362 e. The smallest absolute Gasteiger partial charge is 0.283 e. The Labute approximate surface area is 161 Å². The molecule has 0 aliphatic carbocycles. The third-order valence-corrected chi connectivity index (χ3v) is 5.70. The Morgan fingerprint density at radius 2 is 1.93 bits per heavy atom. The molecule has 0 aromatic heterocycles. The van der Waals surface area contributed by atoms with Crippen molar-refractivity contribution in [3.8, 4) is 0 Å². The van der Waals surface area contributed by atoms with Crippen LogP contribution in [0.5, 0.6) is 0 Å². The molecule has 0 unspecified atom stereocenters. The quantitative estimate of drug-likeness (QED) is 0.837. The van der Waals surface area contributed by atoms with Gasteiger partial charge < -0.3 is 10.2 Å². The minimum absolute atomic E-state index is 0.0194. The molecule has 2 aromatic carbocycles. The van der Waals surface area contributed by atoms with Crippen LogP contribution in [0.15, 0.2) is 51.8 Å². The molecule has 142 valence electrons. The summed E-state index contributed by atoms with van der Waals surface area (Å²) in [4.78, 5) is 14.0. The van der Waals surface area contributed by atoms with Crippen molar-refractivity contribution in [2.45, 2.75) is 17.7 Å². The Morgan fingerprint density at radius 3 is 2.52 bits per heavy atom. The van der Waals surface area contributed by atoms with Gasteiger partial charge in [0.05, 0.1) is 10.5 Å². The van der Waals surface area contributed by atoms with Gasteiger partial charge in [0.1, 0.15) is 11.7 Å². The zero-order chi connectivity index (χ0) is 19.6. The Bertz CT molecular complexity index is 1010. The SMILES string of the molecule is CN1CCC/C1=N\S(=O)(=O)c1ccc(NC(=O)c2ccc(Cl)cc2F)cc1. The number of carbonyl (C=O) groups is 1. The first-order valence-electron chi connectivity index (χ1n) is 8.18. The molecule has 9 heteroatoms. The molecule has 1 fully saturated rings. The number of halogens is 2. The molecule has 0 saturated carbocycles. The molecule has 27 heavy (non-hydrogen) atoms. The first-order valence-corrected chi connectivity index (χ1v) is 9.99. The van der Waals surface area contributed by atoms with Crippen molar-refractivity contribution in [1.29, 1.82) is 0 Å². The summed E-state index contributed by atoms with van der Waals surface area (Å²) < 4.78 is 42.5. The normalized spacial score (nSPS) is 16.0. The summed E-state index contributed by atoms with van der Waals surface area (Å²) in [6, 6.07) is 9.29. The van der Waals surface area contributed by atoms with Gasteiger partial charge in [-0.25, -0.2) is 4.39 Å². The van der Waals surface area contributed by atoms with Crippen LogP contribution in [-0.2, 0) is 10.0 Å². The molecule has 1 heterocycles. The number of amidine groups is 1. The molecule has 0 atom stereocenters. The van der Waals surface area contributed by atoms with E-state index in [4.69, 9.17) is 11.6 Å². The number of likely N-dealkylation sites (tertiary alicyclic amines) is 1. The van der Waals surface area contributed by atoms with Crippen LogP contribution in [0.3, 0.4) is 0 Å². The topological polar surface area (TPSA) is 78.8 Å². The number of anilines is 1. The number of amides is 1. The average Bonchev–Trinajstić information content (AvgIpc) is 2.99. The van der Waals surface area contributed by atoms with E-state index in [0.717, 1.165) is 19.0 Å². The Morgan fingerprint density at radius 1 is 1.22 bits per heavy atom.